The fourth-order valence-electron chi connectivity index (χ4n) is 3.37. The molecule has 0 radical (unpaired) electrons. The number of thiophene rings is 1. The van der Waals surface area contributed by atoms with Gasteiger partial charge in [-0.15, -0.1) is 11.3 Å². The molecule has 0 saturated carbocycles. The first-order valence-corrected chi connectivity index (χ1v) is 9.90. The minimum absolute atomic E-state index is 0.0595. The molecule has 3 aromatic rings. The lowest BCUT2D eigenvalue weighted by Crippen LogP contribution is -2.36. The van der Waals surface area contributed by atoms with Crippen molar-refractivity contribution in [2.45, 2.75) is 19.6 Å². The molecule has 28 heavy (non-hydrogen) atoms. The van der Waals surface area contributed by atoms with Crippen LogP contribution in [0.2, 0.25) is 0 Å². The van der Waals surface area contributed by atoms with Gasteiger partial charge in [-0.2, -0.15) is 0 Å². The van der Waals surface area contributed by atoms with Crippen LogP contribution in [0.15, 0.2) is 60.7 Å². The molecule has 1 amide bonds. The van der Waals surface area contributed by atoms with Crippen LogP contribution in [-0.2, 0) is 24.3 Å². The van der Waals surface area contributed by atoms with E-state index in [-0.39, 0.29) is 18.5 Å². The van der Waals surface area contributed by atoms with Crippen molar-refractivity contribution in [2.24, 2.45) is 0 Å². The number of carbonyl (C=O) groups is 2. The molecule has 0 fully saturated rings. The number of carbonyl (C=O) groups excluding carboxylic acids is 2. The normalized spacial score (nSPS) is 13.1. The van der Waals surface area contributed by atoms with Gasteiger partial charge in [-0.3, -0.25) is 4.79 Å². The van der Waals surface area contributed by atoms with Crippen LogP contribution in [0, 0.1) is 0 Å². The number of nitrogens with two attached hydrogens (primary N) is 1. The van der Waals surface area contributed by atoms with Gasteiger partial charge in [-0.25, -0.2) is 4.79 Å². The molecule has 6 heteroatoms. The molecule has 2 heterocycles. The van der Waals surface area contributed by atoms with E-state index in [1.807, 2.05) is 48.5 Å². The Hall–Kier alpha value is -3.12. The molecule has 1 aromatic heterocycles. The summed E-state index contributed by atoms with van der Waals surface area (Å²) < 4.78 is 5.43. The maximum absolute atomic E-state index is 12.9. The van der Waals surface area contributed by atoms with Gasteiger partial charge in [0.25, 0.3) is 0 Å². The summed E-state index contributed by atoms with van der Waals surface area (Å²) in [5.41, 5.74) is 9.30. The Bertz CT molecular complexity index is 999. The van der Waals surface area contributed by atoms with E-state index in [0.29, 0.717) is 35.6 Å². The lowest BCUT2D eigenvalue weighted by molar-refractivity contribution is 0.0923. The second-order valence-electron chi connectivity index (χ2n) is 6.65. The molecule has 0 saturated heterocycles. The third-order valence-electron chi connectivity index (χ3n) is 4.81. The average Bonchev–Trinajstić information content (AvgIpc) is 3.07. The third kappa shape index (κ3) is 3.64. The standard InChI is InChI=1S/C22H20N2O3S/c23-21-19(20(25)16-9-5-2-6-10-16)17-11-12-24(13-18(17)28-21)22(26)27-14-15-7-3-1-4-8-15/h1-10H,11-14,23H2. The van der Waals surface area contributed by atoms with E-state index in [1.54, 1.807) is 17.0 Å². The highest BCUT2D eigenvalue weighted by molar-refractivity contribution is 7.16. The largest absolute Gasteiger partial charge is 0.445 e. The zero-order valence-electron chi connectivity index (χ0n) is 15.3. The molecule has 1 aliphatic rings. The van der Waals surface area contributed by atoms with Gasteiger partial charge in [0.05, 0.1) is 17.1 Å². The number of nitrogens with zero attached hydrogens (tertiary/aromatic N) is 1. The first kappa shape index (κ1) is 18.3. The number of hydrogen-bond donors (Lipinski definition) is 1. The van der Waals surface area contributed by atoms with Crippen LogP contribution in [0.3, 0.4) is 0 Å². The van der Waals surface area contributed by atoms with E-state index in [4.69, 9.17) is 10.5 Å². The van der Waals surface area contributed by atoms with Crippen LogP contribution < -0.4 is 5.73 Å². The molecule has 2 aromatic carbocycles. The minimum Gasteiger partial charge on any atom is -0.445 e. The second-order valence-corrected chi connectivity index (χ2v) is 7.79. The SMILES string of the molecule is Nc1sc2c(c1C(=O)c1ccccc1)CCN(C(=O)OCc1ccccc1)C2. The summed E-state index contributed by atoms with van der Waals surface area (Å²) in [6, 6.07) is 18.7. The van der Waals surface area contributed by atoms with E-state index in [1.165, 1.54) is 11.3 Å². The Morgan fingerprint density at radius 1 is 1.04 bits per heavy atom. The predicted molar refractivity (Wildman–Crippen MR) is 109 cm³/mol. The van der Waals surface area contributed by atoms with Crippen LogP contribution in [0.5, 0.6) is 0 Å². The zero-order chi connectivity index (χ0) is 19.5. The number of nitrogen functional groups attached to an aromatic ring is 1. The fourth-order valence-corrected chi connectivity index (χ4v) is 4.51. The number of rotatable bonds is 4. The van der Waals surface area contributed by atoms with Crippen molar-refractivity contribution in [2.75, 3.05) is 12.3 Å². The summed E-state index contributed by atoms with van der Waals surface area (Å²) in [6.07, 6.45) is 0.245. The number of amides is 1. The van der Waals surface area contributed by atoms with Gasteiger partial charge in [0.1, 0.15) is 6.61 Å². The van der Waals surface area contributed by atoms with Crippen LogP contribution in [0.4, 0.5) is 9.80 Å². The van der Waals surface area contributed by atoms with Gasteiger partial charge in [0, 0.05) is 17.0 Å². The molecular formula is C22H20N2O3S. The predicted octanol–water partition coefficient (Wildman–Crippen LogP) is 4.26. The first-order valence-electron chi connectivity index (χ1n) is 9.09. The molecule has 142 valence electrons. The highest BCUT2D eigenvalue weighted by atomic mass is 32.1. The Balaban J connectivity index is 1.48. The smallest absolute Gasteiger partial charge is 0.410 e. The molecule has 0 atom stereocenters. The van der Waals surface area contributed by atoms with E-state index >= 15 is 0 Å². The van der Waals surface area contributed by atoms with Crippen LogP contribution >= 0.6 is 11.3 Å². The highest BCUT2D eigenvalue weighted by Crippen LogP contribution is 2.36. The maximum Gasteiger partial charge on any atom is 0.410 e. The number of benzene rings is 2. The molecule has 5 nitrogen and oxygen atoms in total. The van der Waals surface area contributed by atoms with Crippen molar-refractivity contribution in [1.29, 1.82) is 0 Å². The Kier molecular flexibility index (Phi) is 5.12. The Morgan fingerprint density at radius 3 is 2.43 bits per heavy atom. The van der Waals surface area contributed by atoms with Crippen LogP contribution in [-0.4, -0.2) is 23.3 Å². The minimum atomic E-state index is -0.350. The zero-order valence-corrected chi connectivity index (χ0v) is 16.1. The number of ketones is 1. The second kappa shape index (κ2) is 7.86. The fraction of sp³-hybridized carbons (Fsp3) is 0.182. The summed E-state index contributed by atoms with van der Waals surface area (Å²) in [5.74, 6) is -0.0595. The summed E-state index contributed by atoms with van der Waals surface area (Å²) in [5, 5.41) is 0.512. The van der Waals surface area contributed by atoms with Crippen molar-refractivity contribution >= 4 is 28.2 Å². The lowest BCUT2D eigenvalue weighted by Gasteiger charge is -2.26. The highest BCUT2D eigenvalue weighted by Gasteiger charge is 2.29. The third-order valence-corrected chi connectivity index (χ3v) is 5.86. The van der Waals surface area contributed by atoms with Gasteiger partial charge < -0.3 is 15.4 Å². The Labute approximate surface area is 167 Å². The summed E-state index contributed by atoms with van der Waals surface area (Å²) in [4.78, 5) is 28.0. The molecule has 0 aliphatic carbocycles. The number of anilines is 1. The molecule has 0 spiro atoms. The van der Waals surface area contributed by atoms with Gasteiger partial charge in [-0.05, 0) is 17.5 Å². The summed E-state index contributed by atoms with van der Waals surface area (Å²) in [7, 11) is 0. The average molecular weight is 392 g/mol. The van der Waals surface area contributed by atoms with Gasteiger partial charge >= 0.3 is 6.09 Å². The quantitative estimate of drug-likeness (QED) is 0.674. The molecule has 4 rings (SSSR count). The van der Waals surface area contributed by atoms with Gasteiger partial charge in [0.2, 0.25) is 0 Å². The molecule has 1 aliphatic heterocycles. The monoisotopic (exact) mass is 392 g/mol. The first-order chi connectivity index (χ1) is 13.6. The van der Waals surface area contributed by atoms with Crippen LogP contribution in [0.25, 0.3) is 0 Å². The lowest BCUT2D eigenvalue weighted by atomic mass is 9.96. The van der Waals surface area contributed by atoms with Crippen molar-refractivity contribution in [3.8, 4) is 0 Å². The van der Waals surface area contributed by atoms with Crippen molar-refractivity contribution in [1.82, 2.24) is 4.90 Å². The van der Waals surface area contributed by atoms with Crippen LogP contribution in [0.1, 0.15) is 31.9 Å². The summed E-state index contributed by atoms with van der Waals surface area (Å²) in [6.45, 7) is 1.17. The van der Waals surface area contributed by atoms with Crippen molar-refractivity contribution < 1.29 is 14.3 Å². The maximum atomic E-state index is 12.9. The van der Waals surface area contributed by atoms with Gasteiger partial charge in [0.15, 0.2) is 5.78 Å². The number of ether oxygens (including phenoxy) is 1. The number of hydrogen-bond acceptors (Lipinski definition) is 5. The Morgan fingerprint density at radius 2 is 1.71 bits per heavy atom. The van der Waals surface area contributed by atoms with Gasteiger partial charge in [-0.1, -0.05) is 60.7 Å². The summed E-state index contributed by atoms with van der Waals surface area (Å²) >= 11 is 1.38. The molecule has 0 bridgehead atoms. The van der Waals surface area contributed by atoms with E-state index in [9.17, 15) is 9.59 Å². The molecule has 2 N–H and O–H groups in total. The molecular weight excluding hydrogens is 372 g/mol. The molecule has 0 unspecified atom stereocenters. The topological polar surface area (TPSA) is 72.6 Å². The van der Waals surface area contributed by atoms with E-state index in [2.05, 4.69) is 0 Å². The number of fused-ring (bicyclic) bond motifs is 1. The van der Waals surface area contributed by atoms with Crippen molar-refractivity contribution in [3.05, 3.63) is 87.8 Å². The van der Waals surface area contributed by atoms with E-state index < -0.39 is 0 Å². The van der Waals surface area contributed by atoms with E-state index in [0.717, 1.165) is 16.0 Å². The van der Waals surface area contributed by atoms with Crippen molar-refractivity contribution in [3.63, 3.8) is 0 Å².